The monoisotopic (exact) mass is 1150 g/mol. The SMILES string of the molecule is CCCCCCCCCCCCCCCCCCCCCCC(=O)SCCNC(=O)CCNC(=O)[C@H](O)C(C)(C)COP(=O)(O)OP(=O)(O)OC[C@H]1O[C@@H](n2cnc3c(N)ncnc32)[C@@H](O)C1OP(=O)(O)O.N.N.N. The van der Waals surface area contributed by atoms with E-state index in [1.54, 1.807) is 0 Å². The van der Waals surface area contributed by atoms with Gasteiger partial charge in [0.15, 0.2) is 22.8 Å². The van der Waals surface area contributed by atoms with E-state index in [1.165, 1.54) is 123 Å². The number of aromatic nitrogens is 4. The van der Waals surface area contributed by atoms with Crippen LogP contribution in [0.2, 0.25) is 0 Å². The van der Waals surface area contributed by atoms with Crippen LogP contribution in [0.3, 0.4) is 0 Å². The predicted molar refractivity (Wildman–Crippen MR) is 285 cm³/mol. The fourth-order valence-electron chi connectivity index (χ4n) is 7.89. The van der Waals surface area contributed by atoms with Gasteiger partial charge in [-0.25, -0.2) is 28.6 Å². The summed E-state index contributed by atoms with van der Waals surface area (Å²) in [4.78, 5) is 88.6. The van der Waals surface area contributed by atoms with Crippen molar-refractivity contribution in [3.05, 3.63) is 12.7 Å². The Morgan fingerprint density at radius 2 is 1.29 bits per heavy atom. The maximum atomic E-state index is 12.8. The first-order valence-corrected chi connectivity index (χ1v) is 30.6. The lowest BCUT2D eigenvalue weighted by atomic mass is 9.87. The number of imidazole rings is 1. The zero-order valence-corrected chi connectivity index (χ0v) is 47.5. The first kappa shape index (κ1) is 72.4. The Hall–Kier alpha value is -2.56. The van der Waals surface area contributed by atoms with E-state index in [-0.39, 0.29) is 60.1 Å². The highest BCUT2D eigenvalue weighted by molar-refractivity contribution is 8.13. The van der Waals surface area contributed by atoms with Gasteiger partial charge in [0.1, 0.15) is 36.3 Å². The molecule has 3 heterocycles. The fourth-order valence-corrected chi connectivity index (χ4v) is 11.4. The maximum absolute atomic E-state index is 12.8. The summed E-state index contributed by atoms with van der Waals surface area (Å²) in [6.07, 6.45) is 19.5. The normalized spacial score (nSPS) is 18.7. The molecule has 0 bridgehead atoms. The van der Waals surface area contributed by atoms with Crippen LogP contribution in [-0.2, 0) is 50.7 Å². The number of rotatable bonds is 40. The van der Waals surface area contributed by atoms with E-state index in [0.29, 0.717) is 12.2 Å². The van der Waals surface area contributed by atoms with E-state index >= 15 is 0 Å². The van der Waals surface area contributed by atoms with E-state index in [2.05, 4.69) is 41.3 Å². The number of amides is 2. The summed E-state index contributed by atoms with van der Waals surface area (Å²) in [5, 5.41) is 26.7. The van der Waals surface area contributed by atoms with Crippen LogP contribution < -0.4 is 34.8 Å². The zero-order chi connectivity index (χ0) is 53.2. The number of thioether (sulfide) groups is 1. The molecule has 75 heavy (non-hydrogen) atoms. The van der Waals surface area contributed by atoms with Crippen molar-refractivity contribution in [3.63, 3.8) is 0 Å². The van der Waals surface area contributed by atoms with Crippen LogP contribution in [0, 0.1) is 5.41 Å². The number of hydrogen-bond acceptors (Lipinski definition) is 21. The van der Waals surface area contributed by atoms with Crippen LogP contribution >= 0.6 is 35.2 Å². The number of anilines is 1. The first-order valence-electron chi connectivity index (χ1n) is 25.1. The van der Waals surface area contributed by atoms with E-state index < -0.39 is 84.6 Å². The van der Waals surface area contributed by atoms with Crippen LogP contribution in [0.4, 0.5) is 5.82 Å². The second-order valence-corrected chi connectivity index (χ2v) is 24.1. The summed E-state index contributed by atoms with van der Waals surface area (Å²) in [5.41, 5.74) is 4.30. The molecule has 438 valence electrons. The van der Waals surface area contributed by atoms with Crippen LogP contribution in [0.25, 0.3) is 11.2 Å². The van der Waals surface area contributed by atoms with Crippen LogP contribution in [-0.4, -0.2) is 123 Å². The van der Waals surface area contributed by atoms with Gasteiger partial charge < -0.3 is 69.3 Å². The second kappa shape index (κ2) is 37.3. The summed E-state index contributed by atoms with van der Waals surface area (Å²) in [7, 11) is -16.4. The number of nitrogen functional groups attached to an aromatic ring is 1. The first-order chi connectivity index (χ1) is 34.1. The van der Waals surface area contributed by atoms with E-state index in [4.69, 9.17) is 19.5 Å². The number of phosphoric ester groups is 3. The molecule has 7 atom stereocenters. The van der Waals surface area contributed by atoms with Crippen molar-refractivity contribution in [3.8, 4) is 0 Å². The van der Waals surface area contributed by atoms with Crippen LogP contribution in [0.15, 0.2) is 12.7 Å². The molecule has 0 aromatic carbocycles. The summed E-state index contributed by atoms with van der Waals surface area (Å²) < 4.78 is 62.5. The Kier molecular flexibility index (Phi) is 36.1. The number of nitrogens with zero attached hydrogens (tertiary/aromatic N) is 4. The van der Waals surface area contributed by atoms with Crippen LogP contribution in [0.5, 0.6) is 0 Å². The van der Waals surface area contributed by atoms with Crippen LogP contribution in [0.1, 0.15) is 168 Å². The number of nitrogens with one attached hydrogen (secondary N) is 2. The summed E-state index contributed by atoms with van der Waals surface area (Å²) in [6, 6.07) is 0. The highest BCUT2D eigenvalue weighted by Crippen LogP contribution is 2.61. The highest BCUT2D eigenvalue weighted by atomic mass is 32.2. The molecule has 1 aliphatic rings. The molecular formula is C44H89N10O17P3S. The zero-order valence-electron chi connectivity index (χ0n) is 44.0. The molecule has 31 heteroatoms. The largest absolute Gasteiger partial charge is 0.481 e. The van der Waals surface area contributed by atoms with Gasteiger partial charge in [-0.05, 0) is 6.42 Å². The quantitative estimate of drug-likeness (QED) is 0.0229. The number of nitrogens with two attached hydrogens (primary N) is 1. The van der Waals surface area contributed by atoms with Gasteiger partial charge in [0, 0.05) is 37.1 Å². The van der Waals surface area contributed by atoms with Crippen molar-refractivity contribution in [1.82, 2.24) is 48.6 Å². The predicted octanol–water partition coefficient (Wildman–Crippen LogP) is 7.36. The Balaban J connectivity index is 0.0000183. The molecule has 1 fully saturated rings. The van der Waals surface area contributed by atoms with E-state index in [1.807, 2.05) is 0 Å². The van der Waals surface area contributed by atoms with Gasteiger partial charge in [-0.15, -0.1) is 0 Å². The Bertz CT molecular complexity index is 2090. The van der Waals surface area contributed by atoms with Crippen molar-refractivity contribution < 1.29 is 80.5 Å². The molecule has 0 spiro atoms. The number of ether oxygens (including phenoxy) is 1. The Morgan fingerprint density at radius 3 is 1.83 bits per heavy atom. The van der Waals surface area contributed by atoms with Gasteiger partial charge >= 0.3 is 23.5 Å². The third-order valence-electron chi connectivity index (χ3n) is 12.0. The molecule has 1 saturated heterocycles. The molecule has 0 radical (unpaired) electrons. The van der Waals surface area contributed by atoms with Gasteiger partial charge in [0.2, 0.25) is 11.8 Å². The molecular weight excluding hydrogens is 1070 g/mol. The molecule has 0 aliphatic carbocycles. The lowest BCUT2D eigenvalue weighted by molar-refractivity contribution is -0.137. The molecule has 19 N–H and O–H groups in total. The van der Waals surface area contributed by atoms with Crippen molar-refractivity contribution in [1.29, 1.82) is 0 Å². The smallest absolute Gasteiger partial charge is 0.386 e. The molecule has 3 rings (SSSR count). The highest BCUT2D eigenvalue weighted by Gasteiger charge is 2.50. The fraction of sp³-hybridized carbons (Fsp3) is 0.818. The van der Waals surface area contributed by atoms with Gasteiger partial charge in [0.05, 0.1) is 19.5 Å². The minimum Gasteiger partial charge on any atom is -0.386 e. The number of hydrogen-bond donors (Lipinski definition) is 12. The second-order valence-electron chi connectivity index (χ2n) is 18.8. The van der Waals surface area contributed by atoms with Gasteiger partial charge in [-0.2, -0.15) is 4.31 Å². The standard InChI is InChI=1S/C44H80N7O17P3S.3H3N/c1-4-5-6-7-8-9-10-11-12-13-14-15-16-17-18-19-20-21-22-23-24-35(53)72-28-27-46-34(52)25-26-47-42(56)39(55)44(2,3)30-65-71(62,63)68-70(60,61)64-29-33-38(67-69(57,58)59)37(54)43(66-33)51-32-50-36-40(45)48-31-49-41(36)51;;;/h31-33,37-39,43,54-55H,4-30H2,1-3H3,(H,46,52)(H,47,56)(H,60,61)(H,62,63)(H2,45,48,49)(H2,57,58,59);3*1H3/t33-,37+,38?,39+,43-;;;/m1.../s1. The minimum atomic E-state index is -5.58. The Morgan fingerprint density at radius 1 is 0.773 bits per heavy atom. The number of phosphoric acid groups is 3. The lowest BCUT2D eigenvalue weighted by Gasteiger charge is -2.30. The summed E-state index contributed by atoms with van der Waals surface area (Å²) >= 11 is 1.16. The average Bonchev–Trinajstić information content (AvgIpc) is 3.87. The molecule has 1 aliphatic heterocycles. The molecule has 2 aromatic heterocycles. The third kappa shape index (κ3) is 28.8. The molecule has 0 saturated carbocycles. The molecule has 2 aromatic rings. The van der Waals surface area contributed by atoms with E-state index in [0.717, 1.165) is 48.2 Å². The van der Waals surface area contributed by atoms with E-state index in [9.17, 15) is 57.9 Å². The average molecular weight is 1160 g/mol. The van der Waals surface area contributed by atoms with Crippen molar-refractivity contribution in [2.75, 3.05) is 37.8 Å². The summed E-state index contributed by atoms with van der Waals surface area (Å²) in [5.74, 6) is -1.01. The number of carbonyl (C=O) groups excluding carboxylic acids is 3. The van der Waals surface area contributed by atoms with Crippen molar-refractivity contribution in [2.24, 2.45) is 5.41 Å². The number of fused-ring (bicyclic) bond motifs is 1. The van der Waals surface area contributed by atoms with Gasteiger partial charge in [-0.3, -0.25) is 32.5 Å². The summed E-state index contributed by atoms with van der Waals surface area (Å²) in [6.45, 7) is 2.85. The molecule has 27 nitrogen and oxygen atoms in total. The number of aliphatic hydroxyl groups excluding tert-OH is 2. The van der Waals surface area contributed by atoms with Crippen molar-refractivity contribution >= 4 is 69.1 Å². The maximum Gasteiger partial charge on any atom is 0.481 e. The van der Waals surface area contributed by atoms with Gasteiger partial charge in [-0.1, -0.05) is 155 Å². The number of carbonyl (C=O) groups is 3. The lowest BCUT2D eigenvalue weighted by Crippen LogP contribution is -2.46. The topological polar surface area (TPSA) is 469 Å². The molecule has 3 unspecified atom stereocenters. The van der Waals surface area contributed by atoms with Gasteiger partial charge in [0.25, 0.3) is 0 Å². The minimum absolute atomic E-state index is 0. The number of unbranched alkanes of at least 4 members (excludes halogenated alkanes) is 19. The van der Waals surface area contributed by atoms with Crippen molar-refractivity contribution in [2.45, 2.75) is 193 Å². The molecule has 2 amide bonds. The third-order valence-corrected chi connectivity index (χ3v) is 16.0. The Labute approximate surface area is 445 Å². The number of aliphatic hydroxyl groups is 2.